The van der Waals surface area contributed by atoms with Crippen molar-refractivity contribution in [3.05, 3.63) is 29.3 Å². The van der Waals surface area contributed by atoms with Gasteiger partial charge in [-0.15, -0.1) is 0 Å². The molecule has 1 atom stereocenters. The van der Waals surface area contributed by atoms with E-state index in [0.29, 0.717) is 4.90 Å². The number of carboxylic acid groups (broad SMARTS) is 2. The number of hydrogen-bond donors (Lipinski definition) is 2. The van der Waals surface area contributed by atoms with Crippen molar-refractivity contribution in [2.45, 2.75) is 16.9 Å². The maximum Gasteiger partial charge on any atom is 0.407 e. The van der Waals surface area contributed by atoms with E-state index >= 15 is 0 Å². The summed E-state index contributed by atoms with van der Waals surface area (Å²) in [4.78, 5) is 21.9. The lowest BCUT2D eigenvalue weighted by Gasteiger charge is -2.16. The quantitative estimate of drug-likeness (QED) is 0.798. The summed E-state index contributed by atoms with van der Waals surface area (Å²) in [6.07, 6.45) is -1.45. The Morgan fingerprint density at radius 1 is 1.30 bits per heavy atom. The zero-order valence-electron chi connectivity index (χ0n) is 9.98. The fraction of sp³-hybridized carbons (Fsp3) is 0.273. The van der Waals surface area contributed by atoms with Crippen molar-refractivity contribution < 1.29 is 32.6 Å². The lowest BCUT2D eigenvalue weighted by Crippen LogP contribution is -2.34. The largest absolute Gasteiger partial charge is 0.478 e. The molecule has 0 bridgehead atoms. The summed E-state index contributed by atoms with van der Waals surface area (Å²) < 4.78 is 37.8. The molecule has 9 heteroatoms. The number of halogens is 1. The SMILES string of the molecule is O=C(O)c1ccc2c(c1)S(=O)(=O)C(F)CN(C(=O)O)C2. The molecule has 1 heterocycles. The second-order valence-corrected chi connectivity index (χ2v) is 6.29. The molecule has 0 radical (unpaired) electrons. The number of carboxylic acids is 1. The van der Waals surface area contributed by atoms with Gasteiger partial charge in [0.25, 0.3) is 0 Å². The van der Waals surface area contributed by atoms with E-state index in [2.05, 4.69) is 0 Å². The Kier molecular flexibility index (Phi) is 3.38. The highest BCUT2D eigenvalue weighted by Crippen LogP contribution is 2.28. The van der Waals surface area contributed by atoms with Crippen LogP contribution in [0.25, 0.3) is 0 Å². The highest BCUT2D eigenvalue weighted by atomic mass is 32.2. The zero-order valence-corrected chi connectivity index (χ0v) is 10.8. The van der Waals surface area contributed by atoms with Crippen LogP contribution < -0.4 is 0 Å². The maximum absolute atomic E-state index is 13.8. The molecule has 0 aromatic heterocycles. The number of benzene rings is 1. The van der Waals surface area contributed by atoms with Gasteiger partial charge in [0.15, 0.2) is 0 Å². The number of carbonyl (C=O) groups is 2. The first-order chi connectivity index (χ1) is 9.23. The molecule has 0 spiro atoms. The Morgan fingerprint density at radius 3 is 2.50 bits per heavy atom. The first kappa shape index (κ1) is 14.3. The first-order valence-electron chi connectivity index (χ1n) is 5.45. The van der Waals surface area contributed by atoms with Crippen molar-refractivity contribution in [1.29, 1.82) is 0 Å². The predicted molar refractivity (Wildman–Crippen MR) is 63.9 cm³/mol. The number of sulfone groups is 1. The van der Waals surface area contributed by atoms with Crippen LogP contribution >= 0.6 is 0 Å². The van der Waals surface area contributed by atoms with Crippen LogP contribution in [0.2, 0.25) is 0 Å². The minimum atomic E-state index is -4.41. The summed E-state index contributed by atoms with van der Waals surface area (Å²) in [5, 5.41) is 17.7. The van der Waals surface area contributed by atoms with E-state index in [1.807, 2.05) is 0 Å². The fourth-order valence-electron chi connectivity index (χ4n) is 1.91. The average molecular weight is 303 g/mol. The van der Waals surface area contributed by atoms with Gasteiger partial charge in [-0.2, -0.15) is 0 Å². The number of nitrogens with zero attached hydrogens (tertiary/aromatic N) is 1. The Bertz CT molecular complexity index is 686. The average Bonchev–Trinajstić information content (AvgIpc) is 2.46. The number of alkyl halides is 1. The van der Waals surface area contributed by atoms with Crippen LogP contribution in [0.15, 0.2) is 23.1 Å². The monoisotopic (exact) mass is 303 g/mol. The van der Waals surface area contributed by atoms with Gasteiger partial charge in [-0.3, -0.25) is 4.90 Å². The molecule has 20 heavy (non-hydrogen) atoms. The molecule has 1 aliphatic heterocycles. The van der Waals surface area contributed by atoms with Crippen LogP contribution in [0.5, 0.6) is 0 Å². The Balaban J connectivity index is 2.63. The standard InChI is InChI=1S/C11H10FNO6S/c12-9-5-13(11(16)17)4-7-2-1-6(10(14)15)3-8(7)20(9,18)19/h1-3,9H,4-5H2,(H,14,15)(H,16,17). The highest BCUT2D eigenvalue weighted by Gasteiger charge is 2.36. The molecule has 1 unspecified atom stereocenters. The van der Waals surface area contributed by atoms with Gasteiger partial charge in [0.05, 0.1) is 23.5 Å². The van der Waals surface area contributed by atoms with Crippen LogP contribution in [-0.4, -0.2) is 47.6 Å². The molecule has 1 aromatic rings. The molecule has 1 aliphatic rings. The van der Waals surface area contributed by atoms with E-state index in [0.717, 1.165) is 12.1 Å². The summed E-state index contributed by atoms with van der Waals surface area (Å²) in [6, 6.07) is 3.19. The van der Waals surface area contributed by atoms with Crippen molar-refractivity contribution in [1.82, 2.24) is 4.90 Å². The summed E-state index contributed by atoms with van der Waals surface area (Å²) >= 11 is 0. The lowest BCUT2D eigenvalue weighted by atomic mass is 10.1. The van der Waals surface area contributed by atoms with Crippen LogP contribution in [0, 0.1) is 0 Å². The highest BCUT2D eigenvalue weighted by molar-refractivity contribution is 7.92. The summed E-state index contributed by atoms with van der Waals surface area (Å²) in [6.45, 7) is -1.13. The van der Waals surface area contributed by atoms with Gasteiger partial charge in [-0.25, -0.2) is 22.4 Å². The van der Waals surface area contributed by atoms with Crippen LogP contribution in [0.1, 0.15) is 15.9 Å². The summed E-state index contributed by atoms with van der Waals surface area (Å²) in [5.74, 6) is -1.35. The van der Waals surface area contributed by atoms with Gasteiger partial charge in [0, 0.05) is 0 Å². The molecule has 0 aliphatic carbocycles. The smallest absolute Gasteiger partial charge is 0.407 e. The van der Waals surface area contributed by atoms with E-state index in [-0.39, 0.29) is 17.7 Å². The van der Waals surface area contributed by atoms with Crippen molar-refractivity contribution in [2.75, 3.05) is 6.54 Å². The van der Waals surface area contributed by atoms with Crippen molar-refractivity contribution in [3.8, 4) is 0 Å². The zero-order chi connectivity index (χ0) is 15.1. The molecule has 7 nitrogen and oxygen atoms in total. The van der Waals surface area contributed by atoms with E-state index in [1.54, 1.807) is 0 Å². The van der Waals surface area contributed by atoms with Crippen LogP contribution in [0.4, 0.5) is 9.18 Å². The molecule has 0 saturated carbocycles. The van der Waals surface area contributed by atoms with Crippen LogP contribution in [-0.2, 0) is 16.4 Å². The second-order valence-electron chi connectivity index (χ2n) is 4.25. The molecule has 0 saturated heterocycles. The van der Waals surface area contributed by atoms with Crippen molar-refractivity contribution in [2.24, 2.45) is 0 Å². The minimum Gasteiger partial charge on any atom is -0.478 e. The molecule has 1 aromatic carbocycles. The minimum absolute atomic E-state index is 0.0533. The Hall–Kier alpha value is -2.16. The number of rotatable bonds is 1. The number of amides is 1. The lowest BCUT2D eigenvalue weighted by molar-refractivity contribution is 0.0696. The maximum atomic E-state index is 13.8. The molecule has 108 valence electrons. The third-order valence-electron chi connectivity index (χ3n) is 2.95. The topological polar surface area (TPSA) is 112 Å². The molecule has 2 N–H and O–H groups in total. The van der Waals surface area contributed by atoms with Gasteiger partial charge in [0.1, 0.15) is 0 Å². The van der Waals surface area contributed by atoms with Crippen molar-refractivity contribution >= 4 is 21.9 Å². The van der Waals surface area contributed by atoms with Gasteiger partial charge in [0.2, 0.25) is 15.3 Å². The molecular formula is C11H10FNO6S. The van der Waals surface area contributed by atoms with E-state index in [1.165, 1.54) is 6.07 Å². The number of hydrogen-bond acceptors (Lipinski definition) is 4. The molecular weight excluding hydrogens is 293 g/mol. The number of fused-ring (bicyclic) bond motifs is 1. The molecule has 1 amide bonds. The van der Waals surface area contributed by atoms with E-state index < -0.39 is 38.8 Å². The van der Waals surface area contributed by atoms with Crippen molar-refractivity contribution in [3.63, 3.8) is 0 Å². The number of aromatic carboxylic acids is 1. The molecule has 2 rings (SSSR count). The van der Waals surface area contributed by atoms with E-state index in [9.17, 15) is 22.4 Å². The van der Waals surface area contributed by atoms with Gasteiger partial charge >= 0.3 is 12.1 Å². The first-order valence-corrected chi connectivity index (χ1v) is 7.00. The van der Waals surface area contributed by atoms with Gasteiger partial charge in [-0.1, -0.05) is 6.07 Å². The second kappa shape index (κ2) is 4.75. The molecule has 0 fully saturated rings. The third-order valence-corrected chi connectivity index (χ3v) is 4.77. The predicted octanol–water partition coefficient (Wildman–Crippen LogP) is 0.948. The fourth-order valence-corrected chi connectivity index (χ4v) is 3.35. The van der Waals surface area contributed by atoms with Gasteiger partial charge in [-0.05, 0) is 17.7 Å². The Labute approximate surface area is 113 Å². The third kappa shape index (κ3) is 2.31. The Morgan fingerprint density at radius 2 is 1.95 bits per heavy atom. The van der Waals surface area contributed by atoms with Gasteiger partial charge < -0.3 is 10.2 Å². The van der Waals surface area contributed by atoms with E-state index in [4.69, 9.17) is 10.2 Å². The normalized spacial score (nSPS) is 20.9. The van der Waals surface area contributed by atoms with Crippen LogP contribution in [0.3, 0.4) is 0 Å². The summed E-state index contributed by atoms with van der Waals surface area (Å²) in [7, 11) is -4.41. The summed E-state index contributed by atoms with van der Waals surface area (Å²) in [5.41, 5.74) is -2.68.